The lowest BCUT2D eigenvalue weighted by atomic mass is 10.2. The quantitative estimate of drug-likeness (QED) is 0.727. The van der Waals surface area contributed by atoms with Gasteiger partial charge in [-0.2, -0.15) is 0 Å². The molecule has 8 heteroatoms. The van der Waals surface area contributed by atoms with E-state index in [9.17, 15) is 14.4 Å². The molecule has 1 aromatic carbocycles. The second-order valence-electron chi connectivity index (χ2n) is 4.81. The Labute approximate surface area is 138 Å². The third kappa shape index (κ3) is 6.32. The molecule has 0 saturated heterocycles. The Balaban J connectivity index is 2.40. The first-order chi connectivity index (χ1) is 10.3. The summed E-state index contributed by atoms with van der Waals surface area (Å²) < 4.78 is 0. The number of nitrogens with one attached hydrogen (secondary N) is 3. The summed E-state index contributed by atoms with van der Waals surface area (Å²) in [6.45, 7) is 3.23. The minimum Gasteiger partial charge on any atom is -0.352 e. The van der Waals surface area contributed by atoms with E-state index < -0.39 is 11.8 Å². The summed E-state index contributed by atoms with van der Waals surface area (Å²) in [6.07, 6.45) is 0. The smallest absolute Gasteiger partial charge is 0.253 e. The van der Waals surface area contributed by atoms with Crippen LogP contribution in [0.2, 0.25) is 10.0 Å². The Morgan fingerprint density at radius 2 is 1.68 bits per heavy atom. The molecule has 0 aromatic heterocycles. The van der Waals surface area contributed by atoms with Gasteiger partial charge < -0.3 is 16.0 Å². The maximum atomic E-state index is 11.9. The lowest BCUT2D eigenvalue weighted by Crippen LogP contribution is -2.43. The highest BCUT2D eigenvalue weighted by Crippen LogP contribution is 2.20. The number of benzene rings is 1. The van der Waals surface area contributed by atoms with E-state index in [0.29, 0.717) is 5.02 Å². The Bertz CT molecular complexity index is 576. The van der Waals surface area contributed by atoms with Crippen molar-refractivity contribution in [3.05, 3.63) is 33.8 Å². The molecule has 22 heavy (non-hydrogen) atoms. The predicted molar refractivity (Wildman–Crippen MR) is 85.1 cm³/mol. The van der Waals surface area contributed by atoms with Crippen molar-refractivity contribution in [2.45, 2.75) is 19.9 Å². The molecular weight excluding hydrogens is 329 g/mol. The summed E-state index contributed by atoms with van der Waals surface area (Å²) in [5.74, 6) is -1.27. The minimum absolute atomic E-state index is 0.00356. The first-order valence-corrected chi connectivity index (χ1v) is 7.34. The van der Waals surface area contributed by atoms with Gasteiger partial charge in [0, 0.05) is 11.1 Å². The monoisotopic (exact) mass is 345 g/mol. The van der Waals surface area contributed by atoms with Gasteiger partial charge in [0.15, 0.2) is 0 Å². The summed E-state index contributed by atoms with van der Waals surface area (Å²) in [6, 6.07) is 4.43. The average Bonchev–Trinajstić information content (AvgIpc) is 2.41. The van der Waals surface area contributed by atoms with E-state index in [1.54, 1.807) is 0 Å². The van der Waals surface area contributed by atoms with Gasteiger partial charge in [-0.05, 0) is 32.0 Å². The molecule has 0 aliphatic rings. The van der Waals surface area contributed by atoms with Crippen LogP contribution in [0, 0.1) is 0 Å². The normalized spacial score (nSPS) is 10.2. The largest absolute Gasteiger partial charge is 0.352 e. The molecule has 6 nitrogen and oxygen atoms in total. The highest BCUT2D eigenvalue weighted by atomic mass is 35.5. The first-order valence-electron chi connectivity index (χ1n) is 6.59. The van der Waals surface area contributed by atoms with Crippen LogP contribution < -0.4 is 16.0 Å². The molecule has 0 bridgehead atoms. The van der Waals surface area contributed by atoms with E-state index in [4.69, 9.17) is 23.2 Å². The maximum Gasteiger partial charge on any atom is 0.253 e. The Morgan fingerprint density at radius 1 is 1.05 bits per heavy atom. The zero-order valence-corrected chi connectivity index (χ0v) is 13.7. The molecule has 0 atom stereocenters. The number of carbonyl (C=O) groups excluding carboxylic acids is 3. The van der Waals surface area contributed by atoms with Gasteiger partial charge in [-0.25, -0.2) is 0 Å². The summed E-state index contributed by atoms with van der Waals surface area (Å²) in [5, 5.41) is 8.05. The highest BCUT2D eigenvalue weighted by Gasteiger charge is 2.12. The molecule has 120 valence electrons. The first kappa shape index (κ1) is 18.3. The van der Waals surface area contributed by atoms with Gasteiger partial charge >= 0.3 is 0 Å². The molecule has 0 fully saturated rings. The van der Waals surface area contributed by atoms with Crippen molar-refractivity contribution in [3.8, 4) is 0 Å². The van der Waals surface area contributed by atoms with Crippen molar-refractivity contribution in [3.63, 3.8) is 0 Å². The molecule has 0 saturated carbocycles. The van der Waals surface area contributed by atoms with Gasteiger partial charge in [0.1, 0.15) is 0 Å². The van der Waals surface area contributed by atoms with E-state index >= 15 is 0 Å². The Hall–Kier alpha value is -1.79. The lowest BCUT2D eigenvalue weighted by Gasteiger charge is -2.10. The second kappa shape index (κ2) is 8.60. The van der Waals surface area contributed by atoms with Gasteiger partial charge in [0.05, 0.1) is 23.7 Å². The molecule has 0 radical (unpaired) electrons. The van der Waals surface area contributed by atoms with Crippen molar-refractivity contribution < 1.29 is 14.4 Å². The molecule has 0 unspecified atom stereocenters. The zero-order chi connectivity index (χ0) is 16.7. The van der Waals surface area contributed by atoms with E-state index in [2.05, 4.69) is 16.0 Å². The van der Waals surface area contributed by atoms with Crippen LogP contribution in [0.4, 0.5) is 0 Å². The number of amides is 3. The number of hydrogen-bond acceptors (Lipinski definition) is 3. The summed E-state index contributed by atoms with van der Waals surface area (Å²) in [4.78, 5) is 34.8. The molecule has 3 amide bonds. The van der Waals surface area contributed by atoms with Crippen LogP contribution in [-0.4, -0.2) is 36.9 Å². The van der Waals surface area contributed by atoms with Gasteiger partial charge in [-0.1, -0.05) is 23.2 Å². The number of rotatable bonds is 6. The van der Waals surface area contributed by atoms with Crippen LogP contribution in [0.1, 0.15) is 24.2 Å². The van der Waals surface area contributed by atoms with Crippen molar-refractivity contribution in [1.82, 2.24) is 16.0 Å². The van der Waals surface area contributed by atoms with Crippen molar-refractivity contribution in [2.75, 3.05) is 13.1 Å². The Morgan fingerprint density at radius 3 is 2.27 bits per heavy atom. The molecular formula is C14H17Cl2N3O3. The van der Waals surface area contributed by atoms with Crippen LogP contribution in [0.5, 0.6) is 0 Å². The zero-order valence-electron chi connectivity index (χ0n) is 12.2. The van der Waals surface area contributed by atoms with Gasteiger partial charge in [-0.3, -0.25) is 14.4 Å². The fourth-order valence-corrected chi connectivity index (χ4v) is 2.04. The number of carbonyl (C=O) groups is 3. The fourth-order valence-electron chi connectivity index (χ4n) is 1.54. The van der Waals surface area contributed by atoms with Gasteiger partial charge in [0.2, 0.25) is 11.8 Å². The summed E-state index contributed by atoms with van der Waals surface area (Å²) >= 11 is 11.6. The SMILES string of the molecule is CC(C)NC(=O)CNC(=O)CNC(=O)c1ccc(Cl)cc1Cl. The molecule has 0 aliphatic carbocycles. The molecule has 1 aromatic rings. The standard InChI is InChI=1S/C14H17Cl2N3O3/c1-8(2)19-13(21)7-17-12(20)6-18-14(22)10-4-3-9(15)5-11(10)16/h3-5,8H,6-7H2,1-2H3,(H,17,20)(H,18,22)(H,19,21). The summed E-state index contributed by atoms with van der Waals surface area (Å²) in [5.41, 5.74) is 0.219. The third-order valence-corrected chi connectivity index (χ3v) is 3.03. The topological polar surface area (TPSA) is 87.3 Å². The fraction of sp³-hybridized carbons (Fsp3) is 0.357. The van der Waals surface area contributed by atoms with Crippen LogP contribution in [0.3, 0.4) is 0 Å². The lowest BCUT2D eigenvalue weighted by molar-refractivity contribution is -0.125. The van der Waals surface area contributed by atoms with Crippen molar-refractivity contribution in [2.24, 2.45) is 0 Å². The van der Waals surface area contributed by atoms with Crippen LogP contribution in [0.25, 0.3) is 0 Å². The second-order valence-corrected chi connectivity index (χ2v) is 5.65. The van der Waals surface area contributed by atoms with Crippen LogP contribution >= 0.6 is 23.2 Å². The van der Waals surface area contributed by atoms with E-state index in [0.717, 1.165) is 0 Å². The maximum absolute atomic E-state index is 11.9. The van der Waals surface area contributed by atoms with Gasteiger partial charge in [-0.15, -0.1) is 0 Å². The van der Waals surface area contributed by atoms with Crippen molar-refractivity contribution >= 4 is 40.9 Å². The number of halogens is 2. The van der Waals surface area contributed by atoms with Gasteiger partial charge in [0.25, 0.3) is 5.91 Å². The molecule has 0 spiro atoms. The average molecular weight is 346 g/mol. The number of hydrogen-bond donors (Lipinski definition) is 3. The molecule has 3 N–H and O–H groups in total. The van der Waals surface area contributed by atoms with E-state index in [1.165, 1.54) is 18.2 Å². The van der Waals surface area contributed by atoms with E-state index in [-0.39, 0.29) is 35.6 Å². The molecule has 1 rings (SSSR count). The van der Waals surface area contributed by atoms with Crippen molar-refractivity contribution in [1.29, 1.82) is 0 Å². The molecule has 0 aliphatic heterocycles. The predicted octanol–water partition coefficient (Wildman–Crippen LogP) is 1.36. The minimum atomic E-state index is -0.497. The van der Waals surface area contributed by atoms with E-state index in [1.807, 2.05) is 13.8 Å². The Kier molecular flexibility index (Phi) is 7.14. The third-order valence-electron chi connectivity index (χ3n) is 2.48. The van der Waals surface area contributed by atoms with Crippen LogP contribution in [0.15, 0.2) is 18.2 Å². The highest BCUT2D eigenvalue weighted by molar-refractivity contribution is 6.36. The molecule has 0 heterocycles. The van der Waals surface area contributed by atoms with Crippen LogP contribution in [-0.2, 0) is 9.59 Å². The summed E-state index contributed by atoms with van der Waals surface area (Å²) in [7, 11) is 0.